The van der Waals surface area contributed by atoms with Gasteiger partial charge in [0.1, 0.15) is 5.76 Å². The summed E-state index contributed by atoms with van der Waals surface area (Å²) in [6.45, 7) is 5.51. The molecular formula is C12H19NO2. The van der Waals surface area contributed by atoms with Gasteiger partial charge in [-0.05, 0) is 38.1 Å². The second kappa shape index (κ2) is 8.26. The number of hydrogen-bond acceptors (Lipinski definition) is 3. The molecule has 1 aromatic heterocycles. The highest BCUT2D eigenvalue weighted by atomic mass is 16.5. The maximum Gasteiger partial charge on any atom is 0.126 e. The van der Waals surface area contributed by atoms with Crippen molar-refractivity contribution in [3.8, 4) is 0 Å². The monoisotopic (exact) mass is 209 g/mol. The van der Waals surface area contributed by atoms with E-state index in [0.717, 1.165) is 38.5 Å². The van der Waals surface area contributed by atoms with Crippen LogP contribution >= 0.6 is 0 Å². The minimum absolute atomic E-state index is 0.804. The van der Waals surface area contributed by atoms with Crippen molar-refractivity contribution in [2.24, 2.45) is 0 Å². The molecule has 0 radical (unpaired) electrons. The van der Waals surface area contributed by atoms with Crippen LogP contribution in [-0.4, -0.2) is 26.3 Å². The first kappa shape index (κ1) is 12.0. The van der Waals surface area contributed by atoms with Crippen LogP contribution in [0.2, 0.25) is 0 Å². The van der Waals surface area contributed by atoms with Crippen molar-refractivity contribution < 1.29 is 9.15 Å². The molecule has 0 aliphatic carbocycles. The van der Waals surface area contributed by atoms with Crippen molar-refractivity contribution in [3.05, 3.63) is 30.2 Å². The third-order valence-electron chi connectivity index (χ3n) is 1.93. The Bertz CT molecular complexity index is 255. The Morgan fingerprint density at radius 3 is 3.20 bits per heavy atom. The molecular weight excluding hydrogens is 190 g/mol. The average molecular weight is 209 g/mol. The largest absolute Gasteiger partial charge is 0.465 e. The number of rotatable bonds is 8. The molecule has 1 heterocycles. The molecule has 3 heteroatoms. The molecule has 0 spiro atoms. The van der Waals surface area contributed by atoms with Gasteiger partial charge in [-0.25, -0.2) is 0 Å². The Morgan fingerprint density at radius 1 is 1.53 bits per heavy atom. The van der Waals surface area contributed by atoms with Gasteiger partial charge < -0.3 is 14.5 Å². The van der Waals surface area contributed by atoms with Crippen LogP contribution in [0.5, 0.6) is 0 Å². The Balaban J connectivity index is 1.93. The van der Waals surface area contributed by atoms with E-state index in [-0.39, 0.29) is 0 Å². The number of hydrogen-bond donors (Lipinski definition) is 1. The molecule has 0 bridgehead atoms. The summed E-state index contributed by atoms with van der Waals surface area (Å²) >= 11 is 0. The SMILES string of the molecule is CCOCCCNC/C=C/c1ccco1. The van der Waals surface area contributed by atoms with E-state index in [1.54, 1.807) is 6.26 Å². The second-order valence-corrected chi connectivity index (χ2v) is 3.17. The van der Waals surface area contributed by atoms with Crippen molar-refractivity contribution in [2.75, 3.05) is 26.3 Å². The van der Waals surface area contributed by atoms with E-state index in [0.29, 0.717) is 0 Å². The molecule has 0 saturated carbocycles. The van der Waals surface area contributed by atoms with Crippen LogP contribution in [0, 0.1) is 0 Å². The third kappa shape index (κ3) is 6.10. The molecule has 0 aliphatic heterocycles. The van der Waals surface area contributed by atoms with Gasteiger partial charge in [-0.3, -0.25) is 0 Å². The van der Waals surface area contributed by atoms with Gasteiger partial charge in [0.15, 0.2) is 0 Å². The molecule has 3 nitrogen and oxygen atoms in total. The normalized spacial score (nSPS) is 11.3. The molecule has 0 aliphatic rings. The molecule has 0 amide bonds. The van der Waals surface area contributed by atoms with E-state index in [1.165, 1.54) is 0 Å². The Kier molecular flexibility index (Phi) is 6.62. The lowest BCUT2D eigenvalue weighted by Crippen LogP contribution is -2.16. The predicted molar refractivity (Wildman–Crippen MR) is 61.7 cm³/mol. The molecule has 0 atom stereocenters. The van der Waals surface area contributed by atoms with Crippen LogP contribution in [0.15, 0.2) is 28.9 Å². The topological polar surface area (TPSA) is 34.4 Å². The standard InChI is InChI=1S/C12H19NO2/c1-2-14-10-5-9-13-8-3-6-12-7-4-11-15-12/h3-4,6-7,11,13H,2,5,8-10H2,1H3/b6-3+. The van der Waals surface area contributed by atoms with Crippen LogP contribution < -0.4 is 5.32 Å². The molecule has 0 unspecified atom stereocenters. The smallest absolute Gasteiger partial charge is 0.126 e. The first-order valence-electron chi connectivity index (χ1n) is 5.42. The molecule has 0 saturated heterocycles. The highest BCUT2D eigenvalue weighted by molar-refractivity contribution is 5.42. The van der Waals surface area contributed by atoms with Gasteiger partial charge in [0, 0.05) is 19.8 Å². The Labute approximate surface area is 91.1 Å². The summed E-state index contributed by atoms with van der Waals surface area (Å²) in [4.78, 5) is 0. The lowest BCUT2D eigenvalue weighted by molar-refractivity contribution is 0.145. The minimum Gasteiger partial charge on any atom is -0.465 e. The zero-order valence-corrected chi connectivity index (χ0v) is 9.24. The van der Waals surface area contributed by atoms with Crippen LogP contribution in [0.25, 0.3) is 6.08 Å². The Hall–Kier alpha value is -1.06. The first-order valence-corrected chi connectivity index (χ1v) is 5.42. The van der Waals surface area contributed by atoms with E-state index in [1.807, 2.05) is 25.1 Å². The summed E-state index contributed by atoms with van der Waals surface area (Å²) in [5.41, 5.74) is 0. The summed E-state index contributed by atoms with van der Waals surface area (Å²) in [5.74, 6) is 0.895. The van der Waals surface area contributed by atoms with Gasteiger partial charge in [0.25, 0.3) is 0 Å². The van der Waals surface area contributed by atoms with Crippen LogP contribution in [0.4, 0.5) is 0 Å². The number of furan rings is 1. The van der Waals surface area contributed by atoms with Crippen LogP contribution in [0.1, 0.15) is 19.1 Å². The van der Waals surface area contributed by atoms with Gasteiger partial charge in [-0.15, -0.1) is 0 Å². The quantitative estimate of drug-likeness (QED) is 0.667. The summed E-state index contributed by atoms with van der Waals surface area (Å²) in [6.07, 6.45) is 6.76. The van der Waals surface area contributed by atoms with Gasteiger partial charge >= 0.3 is 0 Å². The van der Waals surface area contributed by atoms with Crippen molar-refractivity contribution in [2.45, 2.75) is 13.3 Å². The van der Waals surface area contributed by atoms with Crippen LogP contribution in [-0.2, 0) is 4.74 Å². The lowest BCUT2D eigenvalue weighted by Gasteiger charge is -2.01. The van der Waals surface area contributed by atoms with Gasteiger partial charge in [-0.2, -0.15) is 0 Å². The highest BCUT2D eigenvalue weighted by Gasteiger charge is 1.87. The van der Waals surface area contributed by atoms with Gasteiger partial charge in [0.05, 0.1) is 6.26 Å². The second-order valence-electron chi connectivity index (χ2n) is 3.17. The molecule has 0 fully saturated rings. The van der Waals surface area contributed by atoms with E-state index in [2.05, 4.69) is 11.4 Å². The Morgan fingerprint density at radius 2 is 2.47 bits per heavy atom. The maximum absolute atomic E-state index is 5.23. The minimum atomic E-state index is 0.804. The molecule has 1 rings (SSSR count). The zero-order chi connectivity index (χ0) is 10.8. The van der Waals surface area contributed by atoms with Gasteiger partial charge in [0.2, 0.25) is 0 Å². The molecule has 15 heavy (non-hydrogen) atoms. The van der Waals surface area contributed by atoms with Crippen molar-refractivity contribution in [1.82, 2.24) is 5.32 Å². The van der Waals surface area contributed by atoms with E-state index in [9.17, 15) is 0 Å². The summed E-state index contributed by atoms with van der Waals surface area (Å²) < 4.78 is 10.4. The average Bonchev–Trinajstić information content (AvgIpc) is 2.75. The molecule has 1 N–H and O–H groups in total. The van der Waals surface area contributed by atoms with E-state index >= 15 is 0 Å². The zero-order valence-electron chi connectivity index (χ0n) is 9.24. The van der Waals surface area contributed by atoms with Crippen molar-refractivity contribution >= 4 is 6.08 Å². The van der Waals surface area contributed by atoms with Crippen molar-refractivity contribution in [3.63, 3.8) is 0 Å². The van der Waals surface area contributed by atoms with Crippen LogP contribution in [0.3, 0.4) is 0 Å². The maximum atomic E-state index is 5.23. The predicted octanol–water partition coefficient (Wildman–Crippen LogP) is 2.31. The summed E-state index contributed by atoms with van der Waals surface area (Å²) in [6, 6.07) is 3.82. The third-order valence-corrected chi connectivity index (χ3v) is 1.93. The van der Waals surface area contributed by atoms with Gasteiger partial charge in [-0.1, -0.05) is 6.08 Å². The number of ether oxygens (including phenoxy) is 1. The molecule has 84 valence electrons. The fourth-order valence-electron chi connectivity index (χ4n) is 1.19. The number of nitrogens with one attached hydrogen (secondary N) is 1. The highest BCUT2D eigenvalue weighted by Crippen LogP contribution is 2.01. The summed E-state index contributed by atoms with van der Waals surface area (Å²) in [5, 5.41) is 3.30. The fourth-order valence-corrected chi connectivity index (χ4v) is 1.19. The molecule has 1 aromatic rings. The fraction of sp³-hybridized carbons (Fsp3) is 0.500. The van der Waals surface area contributed by atoms with E-state index < -0.39 is 0 Å². The van der Waals surface area contributed by atoms with Crippen molar-refractivity contribution in [1.29, 1.82) is 0 Å². The lowest BCUT2D eigenvalue weighted by atomic mass is 10.4. The van der Waals surface area contributed by atoms with E-state index in [4.69, 9.17) is 9.15 Å². The summed E-state index contributed by atoms with van der Waals surface area (Å²) in [7, 11) is 0. The first-order chi connectivity index (χ1) is 7.43. The molecule has 0 aromatic carbocycles.